The van der Waals surface area contributed by atoms with Crippen molar-refractivity contribution in [1.29, 1.82) is 0 Å². The van der Waals surface area contributed by atoms with Gasteiger partial charge in [-0.2, -0.15) is 9.89 Å². The first-order valence-corrected chi connectivity index (χ1v) is 11.3. The molecule has 3 aromatic rings. The van der Waals surface area contributed by atoms with E-state index >= 15 is 0 Å². The molecule has 12 nitrogen and oxygen atoms in total. The van der Waals surface area contributed by atoms with Crippen molar-refractivity contribution < 1.29 is 9.53 Å². The number of para-hydroxylation sites is 1. The lowest BCUT2D eigenvalue weighted by atomic mass is 10.1. The highest BCUT2D eigenvalue weighted by atomic mass is 16.6. The van der Waals surface area contributed by atoms with Crippen molar-refractivity contribution in [2.75, 3.05) is 31.1 Å². The summed E-state index contributed by atoms with van der Waals surface area (Å²) in [7, 11) is 2.98. The molecule has 3 heterocycles. The number of nitrogens with zero attached hydrogens (tertiary/aromatic N) is 7. The minimum absolute atomic E-state index is 0.0895. The van der Waals surface area contributed by atoms with E-state index in [9.17, 15) is 19.3 Å². The zero-order valence-corrected chi connectivity index (χ0v) is 20.5. The van der Waals surface area contributed by atoms with E-state index in [1.54, 1.807) is 40.8 Å². The second kappa shape index (κ2) is 9.01. The van der Waals surface area contributed by atoms with Gasteiger partial charge in [-0.3, -0.25) is 18.5 Å². The lowest BCUT2D eigenvalue weighted by Gasteiger charge is -2.36. The SMILES string of the molecule is Cn1c(=O)c2c(nc(N3CCN(C(=O)OC(C)(C)C)CC3)n2-c2ccccc2CN=O)n(C)c1=O. The van der Waals surface area contributed by atoms with Crippen LogP contribution in [0, 0.1) is 4.91 Å². The van der Waals surface area contributed by atoms with Crippen molar-refractivity contribution >= 4 is 23.2 Å². The number of carbonyl (C=O) groups excluding carboxylic acids is 1. The van der Waals surface area contributed by atoms with Crippen molar-refractivity contribution in [2.24, 2.45) is 19.3 Å². The van der Waals surface area contributed by atoms with Crippen molar-refractivity contribution in [1.82, 2.24) is 23.6 Å². The molecular weight excluding hydrogens is 454 g/mol. The molecule has 4 rings (SSSR count). The van der Waals surface area contributed by atoms with Crippen LogP contribution < -0.4 is 16.1 Å². The lowest BCUT2D eigenvalue weighted by molar-refractivity contribution is 0.0240. The van der Waals surface area contributed by atoms with E-state index in [1.807, 2.05) is 25.7 Å². The number of imidazole rings is 1. The maximum atomic E-state index is 13.3. The molecule has 1 saturated heterocycles. The van der Waals surface area contributed by atoms with Gasteiger partial charge in [0, 0.05) is 45.8 Å². The van der Waals surface area contributed by atoms with Gasteiger partial charge in [-0.25, -0.2) is 9.59 Å². The number of aromatic nitrogens is 4. The first-order valence-electron chi connectivity index (χ1n) is 11.3. The van der Waals surface area contributed by atoms with Crippen molar-refractivity contribution in [2.45, 2.75) is 32.9 Å². The Hall–Kier alpha value is -3.96. The van der Waals surface area contributed by atoms with Crippen LogP contribution in [0.25, 0.3) is 16.9 Å². The normalized spacial score (nSPS) is 14.4. The molecule has 35 heavy (non-hydrogen) atoms. The van der Waals surface area contributed by atoms with Crippen molar-refractivity contribution in [3.8, 4) is 5.69 Å². The third-order valence-corrected chi connectivity index (χ3v) is 5.92. The van der Waals surface area contributed by atoms with Gasteiger partial charge < -0.3 is 14.5 Å². The molecule has 1 aliphatic heterocycles. The number of fused-ring (bicyclic) bond motifs is 1. The molecule has 186 valence electrons. The number of benzene rings is 1. The van der Waals surface area contributed by atoms with Crippen molar-refractivity contribution in [3.05, 3.63) is 55.6 Å². The zero-order valence-electron chi connectivity index (χ0n) is 20.5. The average molecular weight is 484 g/mol. The average Bonchev–Trinajstić information content (AvgIpc) is 3.21. The minimum atomic E-state index is -0.594. The van der Waals surface area contributed by atoms with E-state index in [2.05, 4.69) is 5.18 Å². The first-order chi connectivity index (χ1) is 16.5. The smallest absolute Gasteiger partial charge is 0.410 e. The van der Waals surface area contributed by atoms with E-state index in [1.165, 1.54) is 11.6 Å². The molecule has 1 aromatic carbocycles. The Morgan fingerprint density at radius 1 is 1.06 bits per heavy atom. The molecule has 0 radical (unpaired) electrons. The topological polar surface area (TPSA) is 124 Å². The minimum Gasteiger partial charge on any atom is -0.444 e. The summed E-state index contributed by atoms with van der Waals surface area (Å²) in [6.45, 7) is 7.03. The van der Waals surface area contributed by atoms with Crippen LogP contribution in [0.15, 0.2) is 39.0 Å². The molecule has 0 bridgehead atoms. The fourth-order valence-electron chi connectivity index (χ4n) is 4.17. The van der Waals surface area contributed by atoms with Gasteiger partial charge in [-0.15, -0.1) is 0 Å². The Balaban J connectivity index is 1.83. The Kier molecular flexibility index (Phi) is 6.22. The van der Waals surface area contributed by atoms with Crippen LogP contribution in [0.3, 0.4) is 0 Å². The van der Waals surface area contributed by atoms with E-state index in [0.717, 1.165) is 4.57 Å². The third-order valence-electron chi connectivity index (χ3n) is 5.92. The zero-order chi connectivity index (χ0) is 25.5. The highest BCUT2D eigenvalue weighted by Crippen LogP contribution is 2.28. The van der Waals surface area contributed by atoms with Crippen LogP contribution in [0.4, 0.5) is 10.7 Å². The summed E-state index contributed by atoms with van der Waals surface area (Å²) in [5.74, 6) is 0.445. The fourth-order valence-corrected chi connectivity index (χ4v) is 4.17. The third kappa shape index (κ3) is 4.43. The van der Waals surface area contributed by atoms with Gasteiger partial charge in [0.05, 0.1) is 5.69 Å². The highest BCUT2D eigenvalue weighted by Gasteiger charge is 2.30. The van der Waals surface area contributed by atoms with E-state index in [0.29, 0.717) is 43.4 Å². The number of ether oxygens (including phenoxy) is 1. The highest BCUT2D eigenvalue weighted by molar-refractivity contribution is 5.78. The van der Waals surface area contributed by atoms with Gasteiger partial charge in [0.1, 0.15) is 12.1 Å². The molecule has 2 aromatic heterocycles. The second-order valence-corrected chi connectivity index (χ2v) is 9.50. The summed E-state index contributed by atoms with van der Waals surface area (Å²) in [6.07, 6.45) is -0.385. The molecule has 1 aliphatic rings. The summed E-state index contributed by atoms with van der Waals surface area (Å²) in [5, 5.41) is 3.03. The first kappa shape index (κ1) is 24.2. The number of carbonyl (C=O) groups is 1. The largest absolute Gasteiger partial charge is 0.444 e. The Morgan fingerprint density at radius 3 is 2.34 bits per heavy atom. The molecule has 0 spiro atoms. The monoisotopic (exact) mass is 483 g/mol. The Morgan fingerprint density at radius 2 is 1.71 bits per heavy atom. The van der Waals surface area contributed by atoms with Crippen LogP contribution in [0.2, 0.25) is 0 Å². The summed E-state index contributed by atoms with van der Waals surface area (Å²) in [6, 6.07) is 7.13. The van der Waals surface area contributed by atoms with Gasteiger partial charge in [-0.1, -0.05) is 23.4 Å². The van der Waals surface area contributed by atoms with Crippen LogP contribution in [-0.2, 0) is 25.4 Å². The summed E-state index contributed by atoms with van der Waals surface area (Å²) in [5.41, 5.74) is 0.0679. The number of hydrogen-bond acceptors (Lipinski definition) is 8. The predicted molar refractivity (Wildman–Crippen MR) is 131 cm³/mol. The molecule has 12 heteroatoms. The molecule has 0 atom stereocenters. The van der Waals surface area contributed by atoms with Gasteiger partial charge in [-0.05, 0) is 26.8 Å². The lowest BCUT2D eigenvalue weighted by Crippen LogP contribution is -2.50. The second-order valence-electron chi connectivity index (χ2n) is 9.50. The molecule has 1 fully saturated rings. The van der Waals surface area contributed by atoms with Crippen molar-refractivity contribution in [3.63, 3.8) is 0 Å². The standard InChI is InChI=1S/C23H29N7O5/c1-23(2,3)35-22(33)29-12-10-28(11-13-29)20-25-18-17(19(31)27(5)21(32)26(18)4)30(20)16-9-7-6-8-15(16)14-24-34/h6-9H,10-14H2,1-5H3. The van der Waals surface area contributed by atoms with Gasteiger partial charge in [0.25, 0.3) is 5.56 Å². The van der Waals surface area contributed by atoms with Crippen LogP contribution in [0.1, 0.15) is 26.3 Å². The number of nitroso groups, excluding NO2 is 1. The maximum absolute atomic E-state index is 13.3. The number of piperazine rings is 1. The van der Waals surface area contributed by atoms with Gasteiger partial charge in [0.2, 0.25) is 5.95 Å². The molecular formula is C23H29N7O5. The quantitative estimate of drug-likeness (QED) is 0.518. The summed E-state index contributed by atoms with van der Waals surface area (Å²) in [4.78, 5) is 57.8. The number of amides is 1. The van der Waals surface area contributed by atoms with E-state index in [-0.39, 0.29) is 23.8 Å². The maximum Gasteiger partial charge on any atom is 0.410 e. The summed E-state index contributed by atoms with van der Waals surface area (Å²) < 4.78 is 9.53. The summed E-state index contributed by atoms with van der Waals surface area (Å²) >= 11 is 0. The fraction of sp³-hybridized carbons (Fsp3) is 0.478. The van der Waals surface area contributed by atoms with Crippen LogP contribution in [0.5, 0.6) is 0 Å². The molecule has 0 unspecified atom stereocenters. The van der Waals surface area contributed by atoms with Gasteiger partial charge in [0.15, 0.2) is 11.2 Å². The number of aryl methyl sites for hydroxylation is 1. The molecule has 0 saturated carbocycles. The Bertz CT molecular complexity index is 1400. The molecule has 1 amide bonds. The van der Waals surface area contributed by atoms with Crippen LogP contribution >= 0.6 is 0 Å². The van der Waals surface area contributed by atoms with Gasteiger partial charge >= 0.3 is 11.8 Å². The van der Waals surface area contributed by atoms with E-state index < -0.39 is 16.9 Å². The molecule has 0 N–H and O–H groups in total. The number of hydrogen-bond donors (Lipinski definition) is 0. The van der Waals surface area contributed by atoms with Crippen LogP contribution in [-0.4, -0.2) is 61.5 Å². The van der Waals surface area contributed by atoms with E-state index in [4.69, 9.17) is 9.72 Å². The predicted octanol–water partition coefficient (Wildman–Crippen LogP) is 1.75. The molecule has 0 aliphatic carbocycles. The number of rotatable bonds is 4. The number of anilines is 1. The Labute approximate surface area is 201 Å².